The van der Waals surface area contributed by atoms with Crippen molar-refractivity contribution in [2.75, 3.05) is 12.4 Å². The first-order valence-electron chi connectivity index (χ1n) is 5.41. The molecule has 1 atom stereocenters. The van der Waals surface area contributed by atoms with Crippen molar-refractivity contribution in [1.29, 1.82) is 5.41 Å². The highest BCUT2D eigenvalue weighted by Crippen LogP contribution is 2.25. The Morgan fingerprint density at radius 2 is 1.88 bits per heavy atom. The molecular weight excluding hydrogens is 200 g/mol. The van der Waals surface area contributed by atoms with Crippen LogP contribution < -0.4 is 5.32 Å². The van der Waals surface area contributed by atoms with Gasteiger partial charge in [0.2, 0.25) is 0 Å². The number of rotatable bonds is 3. The van der Waals surface area contributed by atoms with Crippen molar-refractivity contribution in [3.05, 3.63) is 29.8 Å². The molecule has 0 spiro atoms. The molecule has 16 heavy (non-hydrogen) atoms. The zero-order chi connectivity index (χ0) is 12.3. The third-order valence-corrected chi connectivity index (χ3v) is 2.58. The molecule has 0 heterocycles. The summed E-state index contributed by atoms with van der Waals surface area (Å²) < 4.78 is 0. The lowest BCUT2D eigenvalue weighted by molar-refractivity contribution is 0.122. The molecule has 0 fully saturated rings. The van der Waals surface area contributed by atoms with Crippen LogP contribution in [-0.4, -0.2) is 24.0 Å². The Balaban J connectivity index is 3.05. The molecule has 0 bridgehead atoms. The quantitative estimate of drug-likeness (QED) is 0.685. The topological polar surface area (TPSA) is 56.1 Å². The summed E-state index contributed by atoms with van der Waals surface area (Å²) in [7, 11) is 1.82. The van der Waals surface area contributed by atoms with Crippen molar-refractivity contribution in [3.63, 3.8) is 0 Å². The molecule has 3 nitrogen and oxygen atoms in total. The minimum absolute atomic E-state index is 0.262. The Morgan fingerprint density at radius 3 is 2.38 bits per heavy atom. The number of aliphatic hydroxyl groups is 1. The molecule has 0 aliphatic carbocycles. The van der Waals surface area contributed by atoms with Gasteiger partial charge in [0.25, 0.3) is 0 Å². The van der Waals surface area contributed by atoms with Crippen LogP contribution in [0.5, 0.6) is 0 Å². The summed E-state index contributed by atoms with van der Waals surface area (Å²) in [5, 5.41) is 21.2. The van der Waals surface area contributed by atoms with E-state index in [9.17, 15) is 5.11 Å². The van der Waals surface area contributed by atoms with E-state index in [-0.39, 0.29) is 11.1 Å². The van der Waals surface area contributed by atoms with Crippen LogP contribution >= 0.6 is 0 Å². The maximum atomic E-state index is 10.1. The standard InChI is InChI=1S/C13H20N2O/c1-13(2,3)12(16)11(14)9-7-5-6-8-10(9)15-4/h5-8,12,14-16H,1-4H3. The summed E-state index contributed by atoms with van der Waals surface area (Å²) in [6.45, 7) is 5.77. The Kier molecular flexibility index (Phi) is 3.70. The van der Waals surface area contributed by atoms with Gasteiger partial charge in [-0.3, -0.25) is 0 Å². The minimum atomic E-state index is -0.762. The summed E-state index contributed by atoms with van der Waals surface area (Å²) in [6.07, 6.45) is -0.762. The molecule has 1 rings (SSSR count). The van der Waals surface area contributed by atoms with Gasteiger partial charge in [-0.25, -0.2) is 0 Å². The number of aliphatic hydroxyl groups excluding tert-OH is 1. The van der Waals surface area contributed by atoms with E-state index in [2.05, 4.69) is 5.32 Å². The third kappa shape index (κ3) is 2.61. The lowest BCUT2D eigenvalue weighted by Crippen LogP contribution is -2.34. The van der Waals surface area contributed by atoms with E-state index in [4.69, 9.17) is 5.41 Å². The molecule has 0 aliphatic rings. The van der Waals surface area contributed by atoms with Crippen molar-refractivity contribution in [2.45, 2.75) is 26.9 Å². The van der Waals surface area contributed by atoms with E-state index in [0.717, 1.165) is 11.3 Å². The van der Waals surface area contributed by atoms with E-state index in [1.54, 1.807) is 0 Å². The van der Waals surface area contributed by atoms with Gasteiger partial charge in [-0.05, 0) is 11.5 Å². The minimum Gasteiger partial charge on any atom is -0.388 e. The van der Waals surface area contributed by atoms with Crippen molar-refractivity contribution < 1.29 is 5.11 Å². The fourth-order valence-corrected chi connectivity index (χ4v) is 1.52. The van der Waals surface area contributed by atoms with Crippen LogP contribution in [0.4, 0.5) is 5.69 Å². The predicted octanol–water partition coefficient (Wildman–Crippen LogP) is 2.50. The highest BCUT2D eigenvalue weighted by atomic mass is 16.3. The Bertz CT molecular complexity index is 380. The van der Waals surface area contributed by atoms with Crippen molar-refractivity contribution in [3.8, 4) is 0 Å². The summed E-state index contributed by atoms with van der Waals surface area (Å²) in [6, 6.07) is 7.54. The van der Waals surface area contributed by atoms with Gasteiger partial charge in [-0.15, -0.1) is 0 Å². The van der Waals surface area contributed by atoms with Crippen LogP contribution in [0.3, 0.4) is 0 Å². The van der Waals surface area contributed by atoms with Gasteiger partial charge >= 0.3 is 0 Å². The van der Waals surface area contributed by atoms with E-state index in [1.165, 1.54) is 0 Å². The van der Waals surface area contributed by atoms with Crippen molar-refractivity contribution >= 4 is 11.4 Å². The van der Waals surface area contributed by atoms with Gasteiger partial charge in [0, 0.05) is 18.3 Å². The molecular formula is C13H20N2O. The van der Waals surface area contributed by atoms with Gasteiger partial charge in [-0.2, -0.15) is 0 Å². The fraction of sp³-hybridized carbons (Fsp3) is 0.462. The molecule has 1 unspecified atom stereocenters. The van der Waals surface area contributed by atoms with Gasteiger partial charge in [0.1, 0.15) is 6.10 Å². The highest BCUT2D eigenvalue weighted by Gasteiger charge is 2.27. The molecule has 0 aromatic heterocycles. The van der Waals surface area contributed by atoms with Crippen molar-refractivity contribution in [2.24, 2.45) is 5.41 Å². The summed E-state index contributed by atoms with van der Waals surface area (Å²) in [4.78, 5) is 0. The largest absolute Gasteiger partial charge is 0.388 e. The molecule has 0 radical (unpaired) electrons. The number of nitrogens with one attached hydrogen (secondary N) is 2. The second kappa shape index (κ2) is 4.66. The SMILES string of the molecule is CNc1ccccc1C(=N)C(O)C(C)(C)C. The van der Waals surface area contributed by atoms with Crippen molar-refractivity contribution in [1.82, 2.24) is 0 Å². The van der Waals surface area contributed by atoms with Gasteiger partial charge in [-0.1, -0.05) is 39.0 Å². The third-order valence-electron chi connectivity index (χ3n) is 2.58. The molecule has 3 N–H and O–H groups in total. The summed E-state index contributed by atoms with van der Waals surface area (Å²) in [5.41, 5.74) is 1.57. The van der Waals surface area contributed by atoms with Crippen LogP contribution in [0.25, 0.3) is 0 Å². The second-order valence-corrected chi connectivity index (χ2v) is 4.98. The maximum absolute atomic E-state index is 10.1. The second-order valence-electron chi connectivity index (χ2n) is 4.98. The predicted molar refractivity (Wildman–Crippen MR) is 68.3 cm³/mol. The fourth-order valence-electron chi connectivity index (χ4n) is 1.52. The molecule has 0 aliphatic heterocycles. The first-order valence-corrected chi connectivity index (χ1v) is 5.41. The number of hydrogen-bond acceptors (Lipinski definition) is 3. The number of benzene rings is 1. The van der Waals surface area contributed by atoms with Crippen LogP contribution in [0, 0.1) is 10.8 Å². The summed E-state index contributed by atoms with van der Waals surface area (Å²) in [5.74, 6) is 0. The van der Waals surface area contributed by atoms with Crippen LogP contribution in [0.2, 0.25) is 0 Å². The average molecular weight is 220 g/mol. The van der Waals surface area contributed by atoms with Crippen LogP contribution in [0.1, 0.15) is 26.3 Å². The normalized spacial score (nSPS) is 13.3. The lowest BCUT2D eigenvalue weighted by atomic mass is 9.84. The number of hydrogen-bond donors (Lipinski definition) is 3. The summed E-state index contributed by atoms with van der Waals surface area (Å²) >= 11 is 0. The maximum Gasteiger partial charge on any atom is 0.101 e. The van der Waals surface area contributed by atoms with E-state index in [0.29, 0.717) is 0 Å². The molecule has 3 heteroatoms. The van der Waals surface area contributed by atoms with Gasteiger partial charge in [0.15, 0.2) is 0 Å². The van der Waals surface area contributed by atoms with Gasteiger partial charge in [0.05, 0.1) is 5.71 Å². The van der Waals surface area contributed by atoms with Gasteiger partial charge < -0.3 is 15.8 Å². The number of para-hydroxylation sites is 1. The highest BCUT2D eigenvalue weighted by molar-refractivity contribution is 6.06. The van der Waals surface area contributed by atoms with E-state index < -0.39 is 6.10 Å². The van der Waals surface area contributed by atoms with E-state index >= 15 is 0 Å². The first kappa shape index (κ1) is 12.7. The first-order chi connectivity index (χ1) is 7.38. The Morgan fingerprint density at radius 1 is 1.31 bits per heavy atom. The van der Waals surface area contributed by atoms with Crippen LogP contribution in [-0.2, 0) is 0 Å². The monoisotopic (exact) mass is 220 g/mol. The average Bonchev–Trinajstić information content (AvgIpc) is 2.25. The zero-order valence-corrected chi connectivity index (χ0v) is 10.3. The zero-order valence-electron chi connectivity index (χ0n) is 10.3. The lowest BCUT2D eigenvalue weighted by Gasteiger charge is -2.27. The number of anilines is 1. The van der Waals surface area contributed by atoms with E-state index in [1.807, 2.05) is 52.1 Å². The Labute approximate surface area is 97.0 Å². The Hall–Kier alpha value is -1.35. The molecule has 0 saturated carbocycles. The van der Waals surface area contributed by atoms with Crippen LogP contribution in [0.15, 0.2) is 24.3 Å². The molecule has 0 amide bonds. The molecule has 88 valence electrons. The molecule has 0 saturated heterocycles. The molecule has 1 aromatic rings. The smallest absolute Gasteiger partial charge is 0.101 e. The molecule has 1 aromatic carbocycles.